The van der Waals surface area contributed by atoms with Crippen LogP contribution in [0.2, 0.25) is 10.0 Å². The van der Waals surface area contributed by atoms with Crippen LogP contribution in [0.3, 0.4) is 0 Å². The second-order valence-corrected chi connectivity index (χ2v) is 6.02. The van der Waals surface area contributed by atoms with Crippen molar-refractivity contribution in [3.05, 3.63) is 28.2 Å². The monoisotopic (exact) mass is 311 g/mol. The molecular weight excluding hydrogens is 297 g/mol. The number of benzene rings is 1. The molecule has 102 valence electrons. The lowest BCUT2D eigenvalue weighted by Gasteiger charge is -2.09. The maximum Gasteiger partial charge on any atom is 0.242 e. The van der Waals surface area contributed by atoms with E-state index in [1.54, 1.807) is 6.07 Å². The van der Waals surface area contributed by atoms with Crippen molar-refractivity contribution >= 4 is 33.2 Å². The SMILES string of the molecule is CCOCCCNS(=O)(=O)c1cccc(Cl)c1Cl. The smallest absolute Gasteiger partial charge is 0.242 e. The van der Waals surface area contributed by atoms with Gasteiger partial charge in [0, 0.05) is 19.8 Å². The highest BCUT2D eigenvalue weighted by molar-refractivity contribution is 7.89. The molecule has 0 amide bonds. The van der Waals surface area contributed by atoms with Gasteiger partial charge in [-0.05, 0) is 25.5 Å². The van der Waals surface area contributed by atoms with Gasteiger partial charge in [0.2, 0.25) is 10.0 Å². The largest absolute Gasteiger partial charge is 0.382 e. The van der Waals surface area contributed by atoms with Crippen LogP contribution in [-0.4, -0.2) is 28.2 Å². The molecule has 0 aliphatic carbocycles. The van der Waals surface area contributed by atoms with E-state index in [2.05, 4.69) is 4.72 Å². The van der Waals surface area contributed by atoms with Crippen molar-refractivity contribution in [3.63, 3.8) is 0 Å². The van der Waals surface area contributed by atoms with E-state index in [-0.39, 0.29) is 14.9 Å². The van der Waals surface area contributed by atoms with Crippen molar-refractivity contribution < 1.29 is 13.2 Å². The second kappa shape index (κ2) is 7.31. The summed E-state index contributed by atoms with van der Waals surface area (Å²) in [6.45, 7) is 3.32. The highest BCUT2D eigenvalue weighted by Gasteiger charge is 2.18. The summed E-state index contributed by atoms with van der Waals surface area (Å²) in [5.41, 5.74) is 0. The Bertz CT molecular complexity index is 491. The number of sulfonamides is 1. The van der Waals surface area contributed by atoms with Gasteiger partial charge in [-0.2, -0.15) is 0 Å². The van der Waals surface area contributed by atoms with Gasteiger partial charge >= 0.3 is 0 Å². The van der Waals surface area contributed by atoms with E-state index in [1.807, 2.05) is 6.92 Å². The Balaban J connectivity index is 2.66. The fraction of sp³-hybridized carbons (Fsp3) is 0.455. The van der Waals surface area contributed by atoms with Gasteiger partial charge < -0.3 is 4.74 Å². The molecule has 0 spiro atoms. The van der Waals surface area contributed by atoms with Crippen LogP contribution in [0.15, 0.2) is 23.1 Å². The summed E-state index contributed by atoms with van der Waals surface area (Å²) in [7, 11) is -3.62. The Hall–Kier alpha value is -0.330. The quantitative estimate of drug-likeness (QED) is 0.788. The summed E-state index contributed by atoms with van der Waals surface area (Å²) in [4.78, 5) is -0.00641. The van der Waals surface area contributed by atoms with E-state index in [0.717, 1.165) is 0 Å². The number of nitrogens with one attached hydrogen (secondary N) is 1. The first-order chi connectivity index (χ1) is 8.49. The fourth-order valence-corrected chi connectivity index (χ4v) is 3.13. The van der Waals surface area contributed by atoms with Gasteiger partial charge in [0.05, 0.1) is 10.0 Å². The topological polar surface area (TPSA) is 55.4 Å². The molecule has 1 aromatic carbocycles. The molecule has 7 heteroatoms. The summed E-state index contributed by atoms with van der Waals surface area (Å²) in [6, 6.07) is 4.50. The van der Waals surface area contributed by atoms with Crippen LogP contribution in [0.1, 0.15) is 13.3 Å². The highest BCUT2D eigenvalue weighted by atomic mass is 35.5. The lowest BCUT2D eigenvalue weighted by atomic mass is 10.4. The molecule has 18 heavy (non-hydrogen) atoms. The fourth-order valence-electron chi connectivity index (χ4n) is 1.29. The summed E-state index contributed by atoms with van der Waals surface area (Å²) in [5.74, 6) is 0. The predicted molar refractivity (Wildman–Crippen MR) is 72.8 cm³/mol. The van der Waals surface area contributed by atoms with Crippen molar-refractivity contribution in [2.45, 2.75) is 18.2 Å². The maximum absolute atomic E-state index is 11.9. The van der Waals surface area contributed by atoms with Crippen molar-refractivity contribution in [2.75, 3.05) is 19.8 Å². The van der Waals surface area contributed by atoms with E-state index in [4.69, 9.17) is 27.9 Å². The van der Waals surface area contributed by atoms with E-state index >= 15 is 0 Å². The first-order valence-corrected chi connectivity index (χ1v) is 7.74. The molecule has 1 aromatic rings. The Morgan fingerprint density at radius 1 is 1.33 bits per heavy atom. The van der Waals surface area contributed by atoms with E-state index in [0.29, 0.717) is 26.2 Å². The van der Waals surface area contributed by atoms with Gasteiger partial charge in [-0.3, -0.25) is 0 Å². The maximum atomic E-state index is 11.9. The molecule has 0 saturated carbocycles. The molecular formula is C11H15Cl2NO3S. The third kappa shape index (κ3) is 4.40. The molecule has 1 rings (SSSR count). The molecule has 0 fully saturated rings. The lowest BCUT2D eigenvalue weighted by Crippen LogP contribution is -2.25. The van der Waals surface area contributed by atoms with E-state index < -0.39 is 10.0 Å². The molecule has 0 radical (unpaired) electrons. The van der Waals surface area contributed by atoms with Crippen LogP contribution in [-0.2, 0) is 14.8 Å². The Kier molecular flexibility index (Phi) is 6.38. The Labute approximate surface area is 117 Å². The molecule has 0 bridgehead atoms. The zero-order valence-corrected chi connectivity index (χ0v) is 12.3. The van der Waals surface area contributed by atoms with Gasteiger partial charge in [-0.15, -0.1) is 0 Å². The molecule has 0 heterocycles. The van der Waals surface area contributed by atoms with Crippen LogP contribution >= 0.6 is 23.2 Å². The van der Waals surface area contributed by atoms with Gasteiger partial charge in [0.15, 0.2) is 0 Å². The predicted octanol–water partition coefficient (Wildman–Crippen LogP) is 2.70. The minimum Gasteiger partial charge on any atom is -0.382 e. The van der Waals surface area contributed by atoms with Crippen molar-refractivity contribution in [1.82, 2.24) is 4.72 Å². The van der Waals surface area contributed by atoms with Crippen molar-refractivity contribution in [1.29, 1.82) is 0 Å². The summed E-state index contributed by atoms with van der Waals surface area (Å²) < 4.78 is 31.5. The van der Waals surface area contributed by atoms with E-state index in [9.17, 15) is 8.42 Å². The van der Waals surface area contributed by atoms with Gasteiger partial charge in [0.25, 0.3) is 0 Å². The van der Waals surface area contributed by atoms with Crippen LogP contribution in [0.25, 0.3) is 0 Å². The minimum absolute atomic E-state index is 0.00641. The minimum atomic E-state index is -3.62. The number of halogens is 2. The average molecular weight is 312 g/mol. The normalized spacial score (nSPS) is 11.7. The number of ether oxygens (including phenoxy) is 1. The van der Waals surface area contributed by atoms with Crippen molar-refractivity contribution in [3.8, 4) is 0 Å². The average Bonchev–Trinajstić information content (AvgIpc) is 2.32. The van der Waals surface area contributed by atoms with Crippen LogP contribution < -0.4 is 4.72 Å². The summed E-state index contributed by atoms with van der Waals surface area (Å²) in [6.07, 6.45) is 0.602. The first-order valence-electron chi connectivity index (χ1n) is 5.50. The van der Waals surface area contributed by atoms with Crippen LogP contribution in [0, 0.1) is 0 Å². The Morgan fingerprint density at radius 3 is 2.72 bits per heavy atom. The molecule has 0 saturated heterocycles. The van der Waals surface area contributed by atoms with Gasteiger partial charge in [0.1, 0.15) is 4.90 Å². The molecule has 0 aromatic heterocycles. The number of hydrogen-bond donors (Lipinski definition) is 1. The van der Waals surface area contributed by atoms with Crippen LogP contribution in [0.5, 0.6) is 0 Å². The molecule has 0 unspecified atom stereocenters. The third-order valence-electron chi connectivity index (χ3n) is 2.17. The zero-order chi connectivity index (χ0) is 13.6. The summed E-state index contributed by atoms with van der Waals surface area (Å²) >= 11 is 11.6. The number of hydrogen-bond acceptors (Lipinski definition) is 3. The first kappa shape index (κ1) is 15.7. The van der Waals surface area contributed by atoms with Gasteiger partial charge in [-0.1, -0.05) is 29.3 Å². The van der Waals surface area contributed by atoms with E-state index in [1.165, 1.54) is 12.1 Å². The zero-order valence-electron chi connectivity index (χ0n) is 9.95. The molecule has 0 aliphatic heterocycles. The van der Waals surface area contributed by atoms with Crippen LogP contribution in [0.4, 0.5) is 0 Å². The van der Waals surface area contributed by atoms with Crippen molar-refractivity contribution in [2.24, 2.45) is 0 Å². The Morgan fingerprint density at radius 2 is 2.06 bits per heavy atom. The standard InChI is InChI=1S/C11H15Cl2NO3S/c1-2-17-8-4-7-14-18(15,16)10-6-3-5-9(12)11(10)13/h3,5-6,14H,2,4,7-8H2,1H3. The molecule has 0 atom stereocenters. The van der Waals surface area contributed by atoms with Gasteiger partial charge in [-0.25, -0.2) is 13.1 Å². The molecule has 1 N–H and O–H groups in total. The molecule has 4 nitrogen and oxygen atoms in total. The third-order valence-corrected chi connectivity index (χ3v) is 4.60. The summed E-state index contributed by atoms with van der Waals surface area (Å²) in [5, 5.41) is 0.255. The highest BCUT2D eigenvalue weighted by Crippen LogP contribution is 2.28. The lowest BCUT2D eigenvalue weighted by molar-refractivity contribution is 0.146. The molecule has 0 aliphatic rings. The number of rotatable bonds is 7. The second-order valence-electron chi connectivity index (χ2n) is 3.50.